The van der Waals surface area contributed by atoms with Crippen molar-refractivity contribution in [3.05, 3.63) is 0 Å². The minimum Gasteiger partial charge on any atom is -0.389 e. The monoisotopic (exact) mass is 299 g/mol. The van der Waals surface area contributed by atoms with Gasteiger partial charge in [0.25, 0.3) is 0 Å². The summed E-state index contributed by atoms with van der Waals surface area (Å²) in [7, 11) is 0. The zero-order chi connectivity index (χ0) is 15.5. The van der Waals surface area contributed by atoms with E-state index in [9.17, 15) is 5.11 Å². The number of ether oxygens (including phenoxy) is 1. The van der Waals surface area contributed by atoms with E-state index in [1.165, 1.54) is 51.4 Å². The van der Waals surface area contributed by atoms with Gasteiger partial charge in [0, 0.05) is 19.2 Å². The van der Waals surface area contributed by atoms with Crippen molar-refractivity contribution in [2.45, 2.75) is 84.3 Å². The van der Waals surface area contributed by atoms with Gasteiger partial charge >= 0.3 is 0 Å². The average Bonchev–Trinajstić information content (AvgIpc) is 3.02. The van der Waals surface area contributed by atoms with Crippen molar-refractivity contribution in [3.63, 3.8) is 0 Å². The second-order valence-electron chi connectivity index (χ2n) is 6.85. The number of unbranched alkanes of at least 4 members (excludes halogenated alkanes) is 1. The summed E-state index contributed by atoms with van der Waals surface area (Å²) in [6.45, 7) is 8.63. The third-order valence-corrected chi connectivity index (χ3v) is 4.99. The molecule has 0 spiro atoms. The molecule has 0 radical (unpaired) electrons. The van der Waals surface area contributed by atoms with E-state index in [4.69, 9.17) is 4.74 Å². The molecule has 1 aliphatic rings. The summed E-state index contributed by atoms with van der Waals surface area (Å²) in [5, 5.41) is 13.5. The van der Waals surface area contributed by atoms with Crippen LogP contribution in [0.2, 0.25) is 0 Å². The molecular weight excluding hydrogens is 262 g/mol. The lowest BCUT2D eigenvalue weighted by molar-refractivity contribution is 0.0178. The maximum atomic E-state index is 10.0. The Morgan fingerprint density at radius 1 is 1.19 bits per heavy atom. The Labute approximate surface area is 131 Å². The van der Waals surface area contributed by atoms with E-state index < -0.39 is 0 Å². The van der Waals surface area contributed by atoms with Gasteiger partial charge < -0.3 is 15.2 Å². The Balaban J connectivity index is 2.05. The molecule has 0 aromatic carbocycles. The molecule has 0 amide bonds. The zero-order valence-corrected chi connectivity index (χ0v) is 14.4. The standard InChI is InChI=1S/C18H37NO2/c1-4-6-9-16(5-2)13-21-14-18(20)12-19-15(3)17-10-7-8-11-17/h15-20H,4-14H2,1-3H3/t15-,16?,18?/m1/s1. The van der Waals surface area contributed by atoms with Gasteiger partial charge in [-0.05, 0) is 38.0 Å². The Kier molecular flexibility index (Phi) is 10.3. The molecule has 0 aromatic heterocycles. The normalized spacial score (nSPS) is 20.6. The lowest BCUT2D eigenvalue weighted by Gasteiger charge is -2.22. The quantitative estimate of drug-likeness (QED) is 0.577. The largest absolute Gasteiger partial charge is 0.389 e. The molecule has 0 heterocycles. The summed E-state index contributed by atoms with van der Waals surface area (Å²) < 4.78 is 5.71. The molecule has 0 saturated heterocycles. The summed E-state index contributed by atoms with van der Waals surface area (Å²) in [5.74, 6) is 1.46. The van der Waals surface area contributed by atoms with Gasteiger partial charge in [0.15, 0.2) is 0 Å². The molecule has 126 valence electrons. The van der Waals surface area contributed by atoms with E-state index in [1.54, 1.807) is 0 Å². The van der Waals surface area contributed by atoms with E-state index in [1.807, 2.05) is 0 Å². The van der Waals surface area contributed by atoms with Crippen molar-refractivity contribution in [3.8, 4) is 0 Å². The van der Waals surface area contributed by atoms with Crippen molar-refractivity contribution in [2.75, 3.05) is 19.8 Å². The topological polar surface area (TPSA) is 41.5 Å². The van der Waals surface area contributed by atoms with Crippen LogP contribution in [0.25, 0.3) is 0 Å². The molecule has 2 unspecified atom stereocenters. The van der Waals surface area contributed by atoms with Crippen LogP contribution < -0.4 is 5.32 Å². The Hall–Kier alpha value is -0.120. The van der Waals surface area contributed by atoms with Crippen LogP contribution in [-0.4, -0.2) is 37.0 Å². The number of hydrogen-bond donors (Lipinski definition) is 2. The highest BCUT2D eigenvalue weighted by Gasteiger charge is 2.21. The Morgan fingerprint density at radius 2 is 1.90 bits per heavy atom. The Bertz CT molecular complexity index is 241. The predicted octanol–water partition coefficient (Wildman–Crippen LogP) is 3.75. The third kappa shape index (κ3) is 8.18. The highest BCUT2D eigenvalue weighted by molar-refractivity contribution is 4.78. The molecule has 1 rings (SSSR count). The van der Waals surface area contributed by atoms with Crippen molar-refractivity contribution >= 4 is 0 Å². The second kappa shape index (κ2) is 11.4. The first kappa shape index (κ1) is 18.9. The maximum absolute atomic E-state index is 10.0. The van der Waals surface area contributed by atoms with Crippen molar-refractivity contribution in [2.24, 2.45) is 11.8 Å². The van der Waals surface area contributed by atoms with Gasteiger partial charge in [0.2, 0.25) is 0 Å². The fourth-order valence-corrected chi connectivity index (χ4v) is 3.27. The molecule has 1 saturated carbocycles. The fourth-order valence-electron chi connectivity index (χ4n) is 3.27. The van der Waals surface area contributed by atoms with E-state index in [0.29, 0.717) is 25.1 Å². The molecule has 3 nitrogen and oxygen atoms in total. The lowest BCUT2D eigenvalue weighted by atomic mass is 10.00. The molecule has 1 fully saturated rings. The first-order valence-corrected chi connectivity index (χ1v) is 9.16. The van der Waals surface area contributed by atoms with E-state index >= 15 is 0 Å². The van der Waals surface area contributed by atoms with Gasteiger partial charge in [-0.1, -0.05) is 46.0 Å². The number of aliphatic hydroxyl groups is 1. The highest BCUT2D eigenvalue weighted by Crippen LogP contribution is 2.27. The minimum absolute atomic E-state index is 0.377. The van der Waals surface area contributed by atoms with Gasteiger partial charge in [0.1, 0.15) is 0 Å². The third-order valence-electron chi connectivity index (χ3n) is 4.99. The Morgan fingerprint density at radius 3 is 2.52 bits per heavy atom. The van der Waals surface area contributed by atoms with Gasteiger partial charge in [-0.2, -0.15) is 0 Å². The van der Waals surface area contributed by atoms with Crippen LogP contribution in [0.15, 0.2) is 0 Å². The van der Waals surface area contributed by atoms with Gasteiger partial charge in [0.05, 0.1) is 12.7 Å². The molecule has 0 bridgehead atoms. The molecule has 2 N–H and O–H groups in total. The maximum Gasteiger partial charge on any atom is 0.0897 e. The molecule has 1 aliphatic carbocycles. The van der Waals surface area contributed by atoms with Gasteiger partial charge in [-0.25, -0.2) is 0 Å². The van der Waals surface area contributed by atoms with E-state index in [0.717, 1.165) is 12.5 Å². The molecule has 0 aromatic rings. The van der Waals surface area contributed by atoms with E-state index in [2.05, 4.69) is 26.1 Å². The first-order valence-electron chi connectivity index (χ1n) is 9.16. The molecular formula is C18H37NO2. The lowest BCUT2D eigenvalue weighted by Crippen LogP contribution is -2.39. The smallest absolute Gasteiger partial charge is 0.0897 e. The number of aliphatic hydroxyl groups excluding tert-OH is 1. The van der Waals surface area contributed by atoms with Crippen LogP contribution in [-0.2, 0) is 4.74 Å². The summed E-state index contributed by atoms with van der Waals surface area (Å²) in [6, 6.07) is 0.523. The van der Waals surface area contributed by atoms with Crippen LogP contribution in [0.5, 0.6) is 0 Å². The SMILES string of the molecule is CCCCC(CC)COCC(O)CN[C@H](C)C1CCCC1. The highest BCUT2D eigenvalue weighted by atomic mass is 16.5. The summed E-state index contributed by atoms with van der Waals surface area (Å²) >= 11 is 0. The van der Waals surface area contributed by atoms with Crippen LogP contribution >= 0.6 is 0 Å². The second-order valence-corrected chi connectivity index (χ2v) is 6.85. The summed E-state index contributed by atoms with van der Waals surface area (Å²) in [6.07, 6.45) is 10.0. The van der Waals surface area contributed by atoms with Crippen LogP contribution in [0, 0.1) is 11.8 Å². The van der Waals surface area contributed by atoms with Crippen LogP contribution in [0.4, 0.5) is 0 Å². The summed E-state index contributed by atoms with van der Waals surface area (Å²) in [4.78, 5) is 0. The van der Waals surface area contributed by atoms with Crippen LogP contribution in [0.3, 0.4) is 0 Å². The number of nitrogens with one attached hydrogen (secondary N) is 1. The number of hydrogen-bond acceptors (Lipinski definition) is 3. The first-order chi connectivity index (χ1) is 10.2. The van der Waals surface area contributed by atoms with Gasteiger partial charge in [-0.3, -0.25) is 0 Å². The molecule has 3 heteroatoms. The number of rotatable bonds is 12. The minimum atomic E-state index is -0.377. The van der Waals surface area contributed by atoms with Gasteiger partial charge in [-0.15, -0.1) is 0 Å². The molecule has 3 atom stereocenters. The van der Waals surface area contributed by atoms with Crippen molar-refractivity contribution in [1.82, 2.24) is 5.32 Å². The zero-order valence-electron chi connectivity index (χ0n) is 14.4. The average molecular weight is 299 g/mol. The van der Waals surface area contributed by atoms with Crippen molar-refractivity contribution < 1.29 is 9.84 Å². The summed E-state index contributed by atoms with van der Waals surface area (Å²) in [5.41, 5.74) is 0. The van der Waals surface area contributed by atoms with Crippen molar-refractivity contribution in [1.29, 1.82) is 0 Å². The molecule has 21 heavy (non-hydrogen) atoms. The molecule has 0 aliphatic heterocycles. The van der Waals surface area contributed by atoms with E-state index in [-0.39, 0.29) is 6.10 Å². The van der Waals surface area contributed by atoms with Crippen LogP contribution in [0.1, 0.15) is 72.1 Å². The predicted molar refractivity (Wildman–Crippen MR) is 89.6 cm³/mol. The fraction of sp³-hybridized carbons (Fsp3) is 1.00.